The number of pyridine rings is 2. The molecule has 0 aliphatic carbocycles. The Morgan fingerprint density at radius 3 is 2.21 bits per heavy atom. The molecule has 0 saturated carbocycles. The Morgan fingerprint density at radius 1 is 1.21 bits per heavy atom. The van der Waals surface area contributed by atoms with Crippen molar-refractivity contribution in [3.63, 3.8) is 0 Å². The largest absolute Gasteiger partial charge is 0.411 e. The molecule has 1 unspecified atom stereocenters. The van der Waals surface area contributed by atoms with Crippen molar-refractivity contribution >= 4 is 5.71 Å². The molecule has 100 valence electrons. The van der Waals surface area contributed by atoms with Crippen LogP contribution < -0.4 is 5.73 Å². The Bertz CT molecular complexity index is 497. The van der Waals surface area contributed by atoms with Crippen LogP contribution in [0.3, 0.4) is 0 Å². The van der Waals surface area contributed by atoms with Gasteiger partial charge < -0.3 is 10.9 Å². The van der Waals surface area contributed by atoms with Gasteiger partial charge in [0, 0.05) is 36.4 Å². The number of aromatic nitrogens is 2. The van der Waals surface area contributed by atoms with Crippen LogP contribution in [0.4, 0.5) is 0 Å². The predicted octanol–water partition coefficient (Wildman–Crippen LogP) is 2.38. The van der Waals surface area contributed by atoms with Gasteiger partial charge in [-0.05, 0) is 37.6 Å². The van der Waals surface area contributed by atoms with Crippen molar-refractivity contribution < 1.29 is 5.21 Å². The number of rotatable bonds is 2. The second kappa shape index (κ2) is 7.94. The number of nitrogens with zero attached hydrogens (tertiary/aromatic N) is 3. The lowest BCUT2D eigenvalue weighted by Crippen LogP contribution is -2.04. The third-order valence-electron chi connectivity index (χ3n) is 2.44. The van der Waals surface area contributed by atoms with Crippen LogP contribution in [0.5, 0.6) is 0 Å². The van der Waals surface area contributed by atoms with Gasteiger partial charge in [-0.2, -0.15) is 0 Å². The van der Waals surface area contributed by atoms with Crippen molar-refractivity contribution in [2.24, 2.45) is 10.9 Å². The second-order valence-corrected chi connectivity index (χ2v) is 4.00. The van der Waals surface area contributed by atoms with Gasteiger partial charge in [-0.1, -0.05) is 11.2 Å². The predicted molar refractivity (Wildman–Crippen MR) is 75.1 cm³/mol. The number of hydrogen-bond donors (Lipinski definition) is 2. The van der Waals surface area contributed by atoms with Crippen molar-refractivity contribution in [1.29, 1.82) is 0 Å². The number of oxime groups is 1. The minimum Gasteiger partial charge on any atom is -0.411 e. The Morgan fingerprint density at radius 2 is 1.84 bits per heavy atom. The van der Waals surface area contributed by atoms with Crippen LogP contribution in [-0.4, -0.2) is 20.9 Å². The topological polar surface area (TPSA) is 84.4 Å². The van der Waals surface area contributed by atoms with Crippen LogP contribution >= 0.6 is 0 Å². The maximum atomic E-state index is 8.35. The molecule has 1 atom stereocenters. The summed E-state index contributed by atoms with van der Waals surface area (Å²) in [6.45, 7) is 3.66. The van der Waals surface area contributed by atoms with Crippen molar-refractivity contribution in [3.8, 4) is 0 Å². The molecule has 0 aromatic carbocycles. The van der Waals surface area contributed by atoms with Gasteiger partial charge in [-0.25, -0.2) is 0 Å². The van der Waals surface area contributed by atoms with Crippen LogP contribution in [-0.2, 0) is 0 Å². The molecule has 2 rings (SSSR count). The standard InChI is InChI=1S/C7H8N2O.C7H10N2/c1-6(9-10)7-3-2-4-8-5-7;1-6(8)7-3-2-4-9-5-7/h2-5,10H,1H3;2-6H,8H2,1H3. The first-order chi connectivity index (χ1) is 9.15. The summed E-state index contributed by atoms with van der Waals surface area (Å²) in [5.41, 5.74) is 8.07. The fraction of sp³-hybridized carbons (Fsp3) is 0.214. The summed E-state index contributed by atoms with van der Waals surface area (Å²) in [6.07, 6.45) is 6.85. The van der Waals surface area contributed by atoms with Gasteiger partial charge in [0.05, 0.1) is 5.71 Å². The van der Waals surface area contributed by atoms with E-state index in [1.54, 1.807) is 37.8 Å². The van der Waals surface area contributed by atoms with Crippen molar-refractivity contribution in [3.05, 3.63) is 60.2 Å². The lowest BCUT2D eigenvalue weighted by Gasteiger charge is -2.01. The summed E-state index contributed by atoms with van der Waals surface area (Å²) in [6, 6.07) is 7.58. The Kier molecular flexibility index (Phi) is 6.18. The summed E-state index contributed by atoms with van der Waals surface area (Å²) >= 11 is 0. The summed E-state index contributed by atoms with van der Waals surface area (Å²) < 4.78 is 0. The van der Waals surface area contributed by atoms with Crippen molar-refractivity contribution in [1.82, 2.24) is 9.97 Å². The van der Waals surface area contributed by atoms with Crippen molar-refractivity contribution in [2.45, 2.75) is 19.9 Å². The zero-order valence-electron chi connectivity index (χ0n) is 11.1. The molecule has 5 heteroatoms. The molecule has 0 radical (unpaired) electrons. The van der Waals surface area contributed by atoms with Gasteiger partial charge in [0.2, 0.25) is 0 Å². The van der Waals surface area contributed by atoms with Crippen LogP contribution in [0.25, 0.3) is 0 Å². The molecule has 2 aromatic heterocycles. The highest BCUT2D eigenvalue weighted by Gasteiger charge is 1.94. The fourth-order valence-corrected chi connectivity index (χ4v) is 1.28. The fourth-order valence-electron chi connectivity index (χ4n) is 1.28. The molecule has 19 heavy (non-hydrogen) atoms. The van der Waals surface area contributed by atoms with E-state index in [0.717, 1.165) is 11.1 Å². The molecule has 0 saturated heterocycles. The highest BCUT2D eigenvalue weighted by atomic mass is 16.4. The van der Waals surface area contributed by atoms with E-state index < -0.39 is 0 Å². The van der Waals surface area contributed by atoms with E-state index in [2.05, 4.69) is 15.1 Å². The van der Waals surface area contributed by atoms with Crippen molar-refractivity contribution in [2.75, 3.05) is 0 Å². The summed E-state index contributed by atoms with van der Waals surface area (Å²) in [5, 5.41) is 11.4. The molecular formula is C14H18N4O. The summed E-state index contributed by atoms with van der Waals surface area (Å²) in [7, 11) is 0. The van der Waals surface area contributed by atoms with Gasteiger partial charge in [0.1, 0.15) is 0 Å². The third-order valence-corrected chi connectivity index (χ3v) is 2.44. The minimum atomic E-state index is 0.0960. The van der Waals surface area contributed by atoms with E-state index in [-0.39, 0.29) is 6.04 Å². The zero-order valence-corrected chi connectivity index (χ0v) is 11.1. The average molecular weight is 258 g/mol. The highest BCUT2D eigenvalue weighted by Crippen LogP contribution is 2.04. The molecule has 2 heterocycles. The van der Waals surface area contributed by atoms with Crippen LogP contribution in [0.15, 0.2) is 54.2 Å². The van der Waals surface area contributed by atoms with Gasteiger partial charge in [0.15, 0.2) is 0 Å². The van der Waals surface area contributed by atoms with Gasteiger partial charge in [-0.15, -0.1) is 0 Å². The SMILES string of the molecule is CC(=NO)c1cccnc1.CC(N)c1cccnc1. The minimum absolute atomic E-state index is 0.0960. The number of hydrogen-bond acceptors (Lipinski definition) is 5. The van der Waals surface area contributed by atoms with E-state index in [9.17, 15) is 0 Å². The van der Waals surface area contributed by atoms with Crippen LogP contribution in [0.2, 0.25) is 0 Å². The maximum absolute atomic E-state index is 8.35. The average Bonchev–Trinajstić information content (AvgIpc) is 2.49. The molecular weight excluding hydrogens is 240 g/mol. The van der Waals surface area contributed by atoms with Gasteiger partial charge >= 0.3 is 0 Å². The molecule has 2 aromatic rings. The molecule has 0 amide bonds. The Balaban J connectivity index is 0.000000191. The van der Waals surface area contributed by atoms with Crippen LogP contribution in [0, 0.1) is 0 Å². The Hall–Kier alpha value is -2.27. The van der Waals surface area contributed by atoms with E-state index >= 15 is 0 Å². The maximum Gasteiger partial charge on any atom is 0.0852 e. The van der Waals surface area contributed by atoms with E-state index in [1.165, 1.54) is 0 Å². The monoisotopic (exact) mass is 258 g/mol. The quantitative estimate of drug-likeness (QED) is 0.492. The number of nitrogens with two attached hydrogens (primary N) is 1. The van der Waals surface area contributed by atoms with Gasteiger partial charge in [0.25, 0.3) is 0 Å². The second-order valence-electron chi connectivity index (χ2n) is 4.00. The van der Waals surface area contributed by atoms with Gasteiger partial charge in [-0.3, -0.25) is 9.97 Å². The molecule has 0 spiro atoms. The summed E-state index contributed by atoms with van der Waals surface area (Å²) in [5.74, 6) is 0. The van der Waals surface area contributed by atoms with E-state index in [0.29, 0.717) is 5.71 Å². The third kappa shape index (κ3) is 5.27. The molecule has 0 fully saturated rings. The zero-order chi connectivity index (χ0) is 14.1. The molecule has 0 aliphatic rings. The lowest BCUT2D eigenvalue weighted by molar-refractivity contribution is 0.319. The smallest absolute Gasteiger partial charge is 0.0852 e. The molecule has 3 N–H and O–H groups in total. The van der Waals surface area contributed by atoms with E-state index in [1.807, 2.05) is 25.1 Å². The normalized spacial score (nSPS) is 12.3. The first kappa shape index (κ1) is 14.8. The Labute approximate surface area is 112 Å². The highest BCUT2D eigenvalue weighted by molar-refractivity contribution is 5.97. The molecule has 0 bridgehead atoms. The van der Waals surface area contributed by atoms with Crippen LogP contribution in [0.1, 0.15) is 31.0 Å². The first-order valence-electron chi connectivity index (χ1n) is 5.89. The summed E-state index contributed by atoms with van der Waals surface area (Å²) in [4.78, 5) is 7.79. The van der Waals surface area contributed by atoms with E-state index in [4.69, 9.17) is 10.9 Å². The molecule has 0 aliphatic heterocycles. The lowest BCUT2D eigenvalue weighted by atomic mass is 10.2. The molecule has 5 nitrogen and oxygen atoms in total. The first-order valence-corrected chi connectivity index (χ1v) is 5.89.